The lowest BCUT2D eigenvalue weighted by Crippen LogP contribution is -2.22. The summed E-state index contributed by atoms with van der Waals surface area (Å²) in [5.41, 5.74) is 1.96. The zero-order valence-corrected chi connectivity index (χ0v) is 11.6. The van der Waals surface area contributed by atoms with Crippen LogP contribution in [0, 0.1) is 31.3 Å². The Labute approximate surface area is 116 Å². The fourth-order valence-electron chi connectivity index (χ4n) is 2.60. The number of aryl methyl sites for hydroxylation is 2. The summed E-state index contributed by atoms with van der Waals surface area (Å²) >= 11 is 0. The van der Waals surface area contributed by atoms with Crippen LogP contribution in [0.15, 0.2) is 30.3 Å². The fraction of sp³-hybridized carbons (Fsp3) is 0.250. The number of benzene rings is 2. The van der Waals surface area contributed by atoms with E-state index in [0.717, 1.165) is 0 Å². The maximum Gasteiger partial charge on any atom is 0.131 e. The van der Waals surface area contributed by atoms with Gasteiger partial charge in [0.05, 0.1) is 6.04 Å². The molecule has 0 amide bonds. The van der Waals surface area contributed by atoms with Gasteiger partial charge in [-0.25, -0.2) is 13.2 Å². The van der Waals surface area contributed by atoms with Crippen molar-refractivity contribution >= 4 is 0 Å². The van der Waals surface area contributed by atoms with E-state index in [0.29, 0.717) is 16.7 Å². The molecule has 0 aliphatic carbocycles. The van der Waals surface area contributed by atoms with Crippen molar-refractivity contribution in [1.29, 1.82) is 0 Å². The summed E-state index contributed by atoms with van der Waals surface area (Å²) in [4.78, 5) is 0. The highest BCUT2D eigenvalue weighted by atomic mass is 19.1. The molecule has 20 heavy (non-hydrogen) atoms. The summed E-state index contributed by atoms with van der Waals surface area (Å²) in [5, 5.41) is 2.91. The Balaban J connectivity index is 2.65. The Morgan fingerprint density at radius 1 is 0.900 bits per heavy atom. The molecule has 1 N–H and O–H groups in total. The van der Waals surface area contributed by atoms with Gasteiger partial charge < -0.3 is 5.32 Å². The molecule has 4 heteroatoms. The molecule has 2 rings (SSSR count). The van der Waals surface area contributed by atoms with Gasteiger partial charge in [0.2, 0.25) is 0 Å². The van der Waals surface area contributed by atoms with E-state index in [-0.39, 0.29) is 11.4 Å². The first-order valence-corrected chi connectivity index (χ1v) is 6.33. The third kappa shape index (κ3) is 2.56. The van der Waals surface area contributed by atoms with Crippen LogP contribution in [-0.4, -0.2) is 7.05 Å². The van der Waals surface area contributed by atoms with Gasteiger partial charge in [0.25, 0.3) is 0 Å². The summed E-state index contributed by atoms with van der Waals surface area (Å²) in [6.07, 6.45) is 0. The van der Waals surface area contributed by atoms with Gasteiger partial charge in [-0.2, -0.15) is 0 Å². The van der Waals surface area contributed by atoms with Crippen molar-refractivity contribution in [3.63, 3.8) is 0 Å². The van der Waals surface area contributed by atoms with Gasteiger partial charge >= 0.3 is 0 Å². The van der Waals surface area contributed by atoms with Crippen LogP contribution in [0.2, 0.25) is 0 Å². The largest absolute Gasteiger partial charge is 0.309 e. The van der Waals surface area contributed by atoms with Gasteiger partial charge in [0, 0.05) is 5.56 Å². The minimum Gasteiger partial charge on any atom is -0.309 e. The molecule has 0 aliphatic rings. The van der Waals surface area contributed by atoms with Crippen LogP contribution in [0.25, 0.3) is 0 Å². The van der Waals surface area contributed by atoms with Crippen molar-refractivity contribution in [2.45, 2.75) is 19.9 Å². The van der Waals surface area contributed by atoms with Gasteiger partial charge in [-0.3, -0.25) is 0 Å². The summed E-state index contributed by atoms with van der Waals surface area (Å²) in [6.45, 7) is 3.46. The molecule has 0 saturated heterocycles. The van der Waals surface area contributed by atoms with Gasteiger partial charge in [-0.1, -0.05) is 6.07 Å². The highest BCUT2D eigenvalue weighted by Gasteiger charge is 2.23. The zero-order chi connectivity index (χ0) is 14.9. The van der Waals surface area contributed by atoms with Crippen molar-refractivity contribution in [2.75, 3.05) is 7.05 Å². The minimum atomic E-state index is -0.656. The molecule has 1 nitrogen and oxygen atoms in total. The number of hydrogen-bond donors (Lipinski definition) is 1. The standard InChI is InChI=1S/C16H16F3N/c1-9-7-11(17)8-10(2)14(9)16(20-3)15-12(18)5-4-6-13(15)19/h4-8,16,20H,1-3H3. The predicted octanol–water partition coefficient (Wildman–Crippen LogP) is 4.03. The second kappa shape index (κ2) is 5.67. The molecule has 0 saturated carbocycles. The fourth-order valence-corrected chi connectivity index (χ4v) is 2.60. The molecule has 0 aromatic heterocycles. The Kier molecular flexibility index (Phi) is 4.14. The Morgan fingerprint density at radius 2 is 1.40 bits per heavy atom. The van der Waals surface area contributed by atoms with Crippen molar-refractivity contribution < 1.29 is 13.2 Å². The molecule has 106 valence electrons. The predicted molar refractivity (Wildman–Crippen MR) is 73.1 cm³/mol. The average Bonchev–Trinajstić information content (AvgIpc) is 2.35. The molecule has 0 heterocycles. The van der Waals surface area contributed by atoms with Gasteiger partial charge in [-0.15, -0.1) is 0 Å². The van der Waals surface area contributed by atoms with Crippen LogP contribution < -0.4 is 5.32 Å². The smallest absolute Gasteiger partial charge is 0.131 e. The van der Waals surface area contributed by atoms with Crippen molar-refractivity contribution in [3.8, 4) is 0 Å². The minimum absolute atomic E-state index is 0.0483. The molecular formula is C16H16F3N. The first-order valence-electron chi connectivity index (χ1n) is 6.33. The lowest BCUT2D eigenvalue weighted by atomic mass is 9.90. The highest BCUT2D eigenvalue weighted by Crippen LogP contribution is 2.31. The van der Waals surface area contributed by atoms with Crippen LogP contribution >= 0.6 is 0 Å². The molecule has 0 spiro atoms. The molecule has 1 atom stereocenters. The summed E-state index contributed by atoms with van der Waals surface area (Å²) in [5.74, 6) is -1.59. The van der Waals surface area contributed by atoms with E-state index >= 15 is 0 Å². The second-order valence-electron chi connectivity index (χ2n) is 4.81. The van der Waals surface area contributed by atoms with Crippen LogP contribution in [0.1, 0.15) is 28.3 Å². The molecule has 1 unspecified atom stereocenters. The molecule has 2 aromatic rings. The third-order valence-electron chi connectivity index (χ3n) is 3.42. The van der Waals surface area contributed by atoms with E-state index in [1.165, 1.54) is 30.3 Å². The second-order valence-corrected chi connectivity index (χ2v) is 4.81. The molecule has 0 aliphatic heterocycles. The van der Waals surface area contributed by atoms with Crippen LogP contribution in [0.4, 0.5) is 13.2 Å². The maximum atomic E-state index is 14.0. The van der Waals surface area contributed by atoms with Crippen LogP contribution in [0.5, 0.6) is 0 Å². The van der Waals surface area contributed by atoms with E-state index in [4.69, 9.17) is 0 Å². The van der Waals surface area contributed by atoms with Crippen molar-refractivity contribution in [2.24, 2.45) is 0 Å². The lowest BCUT2D eigenvalue weighted by Gasteiger charge is -2.22. The van der Waals surface area contributed by atoms with E-state index in [1.54, 1.807) is 20.9 Å². The van der Waals surface area contributed by atoms with Crippen molar-refractivity contribution in [1.82, 2.24) is 5.32 Å². The zero-order valence-electron chi connectivity index (χ0n) is 11.6. The Bertz CT molecular complexity index is 594. The highest BCUT2D eigenvalue weighted by molar-refractivity contribution is 5.43. The third-order valence-corrected chi connectivity index (χ3v) is 3.42. The van der Waals surface area contributed by atoms with Gasteiger partial charge in [-0.05, 0) is 61.9 Å². The number of halogens is 3. The molecule has 0 fully saturated rings. The van der Waals surface area contributed by atoms with E-state index in [2.05, 4.69) is 5.32 Å². The normalized spacial score (nSPS) is 12.5. The summed E-state index contributed by atoms with van der Waals surface area (Å²) < 4.78 is 41.3. The lowest BCUT2D eigenvalue weighted by molar-refractivity contribution is 0.520. The Hall–Kier alpha value is -1.81. The van der Waals surface area contributed by atoms with E-state index in [9.17, 15) is 13.2 Å². The molecule has 0 bridgehead atoms. The van der Waals surface area contributed by atoms with E-state index < -0.39 is 17.7 Å². The Morgan fingerprint density at radius 3 is 1.85 bits per heavy atom. The topological polar surface area (TPSA) is 12.0 Å². The monoisotopic (exact) mass is 279 g/mol. The van der Waals surface area contributed by atoms with Crippen LogP contribution in [0.3, 0.4) is 0 Å². The first kappa shape index (κ1) is 14.6. The van der Waals surface area contributed by atoms with Crippen LogP contribution in [-0.2, 0) is 0 Å². The summed E-state index contributed by atoms with van der Waals surface area (Å²) in [6, 6.07) is 5.84. The number of nitrogens with one attached hydrogen (secondary N) is 1. The quantitative estimate of drug-likeness (QED) is 0.894. The SMILES string of the molecule is CNC(c1c(C)cc(F)cc1C)c1c(F)cccc1F. The number of rotatable bonds is 3. The first-order chi connectivity index (χ1) is 9.45. The van der Waals surface area contributed by atoms with Crippen molar-refractivity contribution in [3.05, 3.63) is 70.0 Å². The number of hydrogen-bond acceptors (Lipinski definition) is 1. The summed E-state index contributed by atoms with van der Waals surface area (Å²) in [7, 11) is 1.62. The molecule has 0 radical (unpaired) electrons. The molecular weight excluding hydrogens is 263 g/mol. The average molecular weight is 279 g/mol. The maximum absolute atomic E-state index is 14.0. The molecule has 2 aromatic carbocycles. The van der Waals surface area contributed by atoms with E-state index in [1.807, 2.05) is 0 Å². The van der Waals surface area contributed by atoms with Gasteiger partial charge in [0.1, 0.15) is 17.5 Å². The van der Waals surface area contributed by atoms with Gasteiger partial charge in [0.15, 0.2) is 0 Å².